The van der Waals surface area contributed by atoms with Gasteiger partial charge in [-0.25, -0.2) is 4.79 Å². The fraction of sp³-hybridized carbons (Fsp3) is 0.375. The number of rotatable bonds is 7. The number of carbonyl (C=O) groups excluding carboxylic acids is 2. The number of benzene rings is 1. The lowest BCUT2D eigenvalue weighted by atomic mass is 10.2. The summed E-state index contributed by atoms with van der Waals surface area (Å²) in [6, 6.07) is 4.93. The molecule has 0 saturated carbocycles. The molecule has 0 aromatic heterocycles. The zero-order valence-electron chi connectivity index (χ0n) is 13.2. The van der Waals surface area contributed by atoms with E-state index >= 15 is 0 Å². The van der Waals surface area contributed by atoms with Crippen LogP contribution in [0.1, 0.15) is 25.8 Å². The van der Waals surface area contributed by atoms with Gasteiger partial charge in [0.15, 0.2) is 6.61 Å². The third-order valence-corrected chi connectivity index (χ3v) is 2.89. The third kappa shape index (κ3) is 8.21. The number of nitrogens with one attached hydrogen (secondary N) is 1. The van der Waals surface area contributed by atoms with Crippen LogP contribution in [0.2, 0.25) is 0 Å². The van der Waals surface area contributed by atoms with Gasteiger partial charge in [0.25, 0.3) is 5.91 Å². The van der Waals surface area contributed by atoms with Crippen molar-refractivity contribution in [3.05, 3.63) is 35.9 Å². The van der Waals surface area contributed by atoms with Crippen molar-refractivity contribution >= 4 is 18.0 Å². The van der Waals surface area contributed by atoms with E-state index in [2.05, 4.69) is 10.1 Å². The summed E-state index contributed by atoms with van der Waals surface area (Å²) >= 11 is 0. The molecule has 132 valence electrons. The summed E-state index contributed by atoms with van der Waals surface area (Å²) in [5.74, 6) is -1.49. The summed E-state index contributed by atoms with van der Waals surface area (Å²) in [7, 11) is 0. The largest absolute Gasteiger partial charge is 0.573 e. The molecule has 0 aliphatic carbocycles. The molecule has 1 N–H and O–H groups in total. The Morgan fingerprint density at radius 3 is 2.42 bits per heavy atom. The van der Waals surface area contributed by atoms with Crippen LogP contribution >= 0.6 is 0 Å². The van der Waals surface area contributed by atoms with Crippen molar-refractivity contribution in [1.82, 2.24) is 5.32 Å². The van der Waals surface area contributed by atoms with Crippen LogP contribution in [-0.2, 0) is 14.3 Å². The monoisotopic (exact) mass is 345 g/mol. The molecule has 1 atom stereocenters. The van der Waals surface area contributed by atoms with Gasteiger partial charge in [0.05, 0.1) is 0 Å². The molecule has 0 radical (unpaired) electrons. The maximum absolute atomic E-state index is 12.0. The highest BCUT2D eigenvalue weighted by atomic mass is 19.4. The van der Waals surface area contributed by atoms with Crippen LogP contribution in [0.4, 0.5) is 13.2 Å². The molecule has 0 unspecified atom stereocenters. The van der Waals surface area contributed by atoms with Crippen LogP contribution in [0.3, 0.4) is 0 Å². The zero-order chi connectivity index (χ0) is 18.2. The first-order valence-corrected chi connectivity index (χ1v) is 7.19. The maximum Gasteiger partial charge on any atom is 0.573 e. The van der Waals surface area contributed by atoms with E-state index in [1.54, 1.807) is 0 Å². The SMILES string of the molecule is CC[C@H](C)NC(=O)COC(=O)/C=C/c1ccc(OC(F)(F)F)cc1. The van der Waals surface area contributed by atoms with Crippen molar-refractivity contribution in [3.8, 4) is 5.75 Å². The summed E-state index contributed by atoms with van der Waals surface area (Å²) in [5.41, 5.74) is 0.477. The first-order chi connectivity index (χ1) is 11.2. The number of alkyl halides is 3. The highest BCUT2D eigenvalue weighted by Crippen LogP contribution is 2.22. The fourth-order valence-corrected chi connectivity index (χ4v) is 1.55. The highest BCUT2D eigenvalue weighted by Gasteiger charge is 2.30. The number of esters is 1. The molecule has 8 heteroatoms. The van der Waals surface area contributed by atoms with Crippen molar-refractivity contribution in [1.29, 1.82) is 0 Å². The van der Waals surface area contributed by atoms with Gasteiger partial charge in [-0.3, -0.25) is 4.79 Å². The molecule has 0 spiro atoms. The van der Waals surface area contributed by atoms with Gasteiger partial charge in [-0.1, -0.05) is 19.1 Å². The zero-order valence-corrected chi connectivity index (χ0v) is 13.2. The molecule has 1 aromatic rings. The molecule has 24 heavy (non-hydrogen) atoms. The Balaban J connectivity index is 2.45. The quantitative estimate of drug-likeness (QED) is 0.609. The molecule has 0 saturated heterocycles. The second-order valence-corrected chi connectivity index (χ2v) is 4.93. The predicted molar refractivity (Wildman–Crippen MR) is 81.0 cm³/mol. The Labute approximate surface area is 137 Å². The Hall–Kier alpha value is -2.51. The third-order valence-electron chi connectivity index (χ3n) is 2.89. The summed E-state index contributed by atoms with van der Waals surface area (Å²) in [6.07, 6.45) is -1.56. The van der Waals surface area contributed by atoms with Gasteiger partial charge in [0.1, 0.15) is 5.75 Å². The second-order valence-electron chi connectivity index (χ2n) is 4.93. The van der Waals surface area contributed by atoms with E-state index in [0.29, 0.717) is 5.56 Å². The van der Waals surface area contributed by atoms with Crippen molar-refractivity contribution in [2.24, 2.45) is 0 Å². The van der Waals surface area contributed by atoms with Crippen molar-refractivity contribution in [3.63, 3.8) is 0 Å². The Morgan fingerprint density at radius 2 is 1.88 bits per heavy atom. The van der Waals surface area contributed by atoms with E-state index in [-0.39, 0.29) is 11.8 Å². The van der Waals surface area contributed by atoms with Crippen LogP contribution in [0.25, 0.3) is 6.08 Å². The number of hydrogen-bond acceptors (Lipinski definition) is 4. The molecule has 1 amide bonds. The topological polar surface area (TPSA) is 64.6 Å². The smallest absolute Gasteiger partial charge is 0.452 e. The minimum absolute atomic E-state index is 0.0100. The van der Waals surface area contributed by atoms with Gasteiger partial charge < -0.3 is 14.8 Å². The van der Waals surface area contributed by atoms with E-state index in [4.69, 9.17) is 4.74 Å². The van der Waals surface area contributed by atoms with E-state index < -0.39 is 24.8 Å². The first-order valence-electron chi connectivity index (χ1n) is 7.19. The van der Waals surface area contributed by atoms with Gasteiger partial charge in [-0.05, 0) is 37.1 Å². The number of ether oxygens (including phenoxy) is 2. The number of halogens is 3. The summed E-state index contributed by atoms with van der Waals surface area (Å²) in [6.45, 7) is 3.34. The summed E-state index contributed by atoms with van der Waals surface area (Å²) in [4.78, 5) is 22.9. The van der Waals surface area contributed by atoms with Crippen LogP contribution in [-0.4, -0.2) is 30.9 Å². The van der Waals surface area contributed by atoms with Crippen molar-refractivity contribution in [2.45, 2.75) is 32.7 Å². The molecule has 0 aliphatic rings. The first kappa shape index (κ1) is 19.5. The molecule has 5 nitrogen and oxygen atoms in total. The van der Waals surface area contributed by atoms with E-state index in [1.165, 1.54) is 18.2 Å². The average Bonchev–Trinajstić information content (AvgIpc) is 2.50. The van der Waals surface area contributed by atoms with E-state index in [0.717, 1.165) is 24.6 Å². The van der Waals surface area contributed by atoms with Gasteiger partial charge in [-0.15, -0.1) is 13.2 Å². The van der Waals surface area contributed by atoms with E-state index in [9.17, 15) is 22.8 Å². The normalized spacial score (nSPS) is 12.7. The van der Waals surface area contributed by atoms with Gasteiger partial charge in [0, 0.05) is 12.1 Å². The Kier molecular flexibility index (Phi) is 7.29. The standard InChI is InChI=1S/C16H18F3NO4/c1-3-11(2)20-14(21)10-23-15(22)9-6-12-4-7-13(8-5-12)24-16(17,18)19/h4-9,11H,3,10H2,1-2H3,(H,20,21)/b9-6+/t11-/m0/s1. The number of carbonyl (C=O) groups is 2. The number of amides is 1. The maximum atomic E-state index is 12.0. The molecular weight excluding hydrogens is 327 g/mol. The molecule has 0 bridgehead atoms. The van der Waals surface area contributed by atoms with Gasteiger partial charge >= 0.3 is 12.3 Å². The lowest BCUT2D eigenvalue weighted by Gasteiger charge is -2.10. The highest BCUT2D eigenvalue weighted by molar-refractivity contribution is 5.89. The number of hydrogen-bond donors (Lipinski definition) is 1. The molecule has 0 aliphatic heterocycles. The molecule has 0 heterocycles. The average molecular weight is 345 g/mol. The van der Waals surface area contributed by atoms with Gasteiger partial charge in [-0.2, -0.15) is 0 Å². The van der Waals surface area contributed by atoms with Crippen molar-refractivity contribution in [2.75, 3.05) is 6.61 Å². The molecule has 0 fully saturated rings. The summed E-state index contributed by atoms with van der Waals surface area (Å²) < 4.78 is 44.5. The minimum Gasteiger partial charge on any atom is -0.452 e. The molecule has 1 aromatic carbocycles. The van der Waals surface area contributed by atoms with E-state index in [1.807, 2.05) is 13.8 Å². The van der Waals surface area contributed by atoms with Crippen LogP contribution in [0.5, 0.6) is 5.75 Å². The molecule has 1 rings (SSSR count). The molecular formula is C16H18F3NO4. The van der Waals surface area contributed by atoms with Crippen LogP contribution < -0.4 is 10.1 Å². The minimum atomic E-state index is -4.75. The van der Waals surface area contributed by atoms with Crippen molar-refractivity contribution < 1.29 is 32.2 Å². The van der Waals surface area contributed by atoms with Gasteiger partial charge in [0.2, 0.25) is 0 Å². The summed E-state index contributed by atoms with van der Waals surface area (Å²) in [5, 5.41) is 2.64. The predicted octanol–water partition coefficient (Wildman–Crippen LogP) is 3.06. The Morgan fingerprint density at radius 1 is 1.25 bits per heavy atom. The lowest BCUT2D eigenvalue weighted by molar-refractivity contribution is -0.274. The Bertz CT molecular complexity index is 582. The fourth-order valence-electron chi connectivity index (χ4n) is 1.55. The van der Waals surface area contributed by atoms with Crippen LogP contribution in [0, 0.1) is 0 Å². The lowest BCUT2D eigenvalue weighted by Crippen LogP contribution is -2.35. The second kappa shape index (κ2) is 8.95. The van der Waals surface area contributed by atoms with Crippen LogP contribution in [0.15, 0.2) is 30.3 Å².